The fourth-order valence-corrected chi connectivity index (χ4v) is 4.62. The van der Waals surface area contributed by atoms with Crippen molar-refractivity contribution in [1.29, 1.82) is 0 Å². The van der Waals surface area contributed by atoms with Gasteiger partial charge in [0.2, 0.25) is 0 Å². The maximum absolute atomic E-state index is 13.1. The van der Waals surface area contributed by atoms with Crippen LogP contribution in [0.1, 0.15) is 24.1 Å². The molecule has 180 valence electrons. The molecule has 2 aromatic carbocycles. The zero-order valence-electron chi connectivity index (χ0n) is 20.0. The highest BCUT2D eigenvalue weighted by molar-refractivity contribution is 5.95. The minimum Gasteiger partial charge on any atom is -0.496 e. The van der Waals surface area contributed by atoms with Gasteiger partial charge in [-0.15, -0.1) is 0 Å². The molecule has 2 aliphatic rings. The molecular weight excluding hydrogens is 432 g/mol. The van der Waals surface area contributed by atoms with Crippen LogP contribution < -0.4 is 20.3 Å². The van der Waals surface area contributed by atoms with Crippen molar-refractivity contribution in [1.82, 2.24) is 15.5 Å². The van der Waals surface area contributed by atoms with E-state index in [1.54, 1.807) is 14.0 Å². The molecule has 4 rings (SSSR count). The van der Waals surface area contributed by atoms with Crippen molar-refractivity contribution in [2.75, 3.05) is 51.3 Å². The van der Waals surface area contributed by atoms with Crippen LogP contribution in [-0.2, 0) is 9.53 Å². The number of para-hydroxylation sites is 2. The maximum Gasteiger partial charge on any atom is 0.338 e. The summed E-state index contributed by atoms with van der Waals surface area (Å²) in [6.07, 6.45) is 0. The first-order valence-corrected chi connectivity index (χ1v) is 11.6. The molecule has 2 amide bonds. The first kappa shape index (κ1) is 23.6. The monoisotopic (exact) mass is 464 g/mol. The number of carbonyl (C=O) groups excluding carboxylic acids is 2. The molecule has 2 N–H and O–H groups in total. The fraction of sp³-hybridized carbons (Fsp3) is 0.385. The van der Waals surface area contributed by atoms with E-state index in [0.29, 0.717) is 29.1 Å². The molecule has 2 aliphatic heterocycles. The van der Waals surface area contributed by atoms with Crippen LogP contribution in [0.3, 0.4) is 0 Å². The van der Waals surface area contributed by atoms with E-state index in [2.05, 4.69) is 51.6 Å². The topological polar surface area (TPSA) is 83.1 Å². The first-order chi connectivity index (χ1) is 16.5. The Balaban J connectivity index is 1.59. The lowest BCUT2D eigenvalue weighted by Gasteiger charge is -2.38. The number of amides is 2. The molecule has 8 heteroatoms. The van der Waals surface area contributed by atoms with Gasteiger partial charge >= 0.3 is 12.0 Å². The summed E-state index contributed by atoms with van der Waals surface area (Å²) in [5.74, 6) is 0.155. The second kappa shape index (κ2) is 10.6. The van der Waals surface area contributed by atoms with Gasteiger partial charge in [0.25, 0.3) is 0 Å². The molecule has 0 bridgehead atoms. The van der Waals surface area contributed by atoms with Gasteiger partial charge in [-0.25, -0.2) is 9.59 Å². The zero-order chi connectivity index (χ0) is 24.1. The molecule has 0 aromatic heterocycles. The molecule has 0 radical (unpaired) electrons. The number of nitrogens with one attached hydrogen (secondary N) is 2. The third kappa shape index (κ3) is 5.02. The van der Waals surface area contributed by atoms with Crippen molar-refractivity contribution in [3.05, 3.63) is 70.9 Å². The average molecular weight is 465 g/mol. The second-order valence-corrected chi connectivity index (χ2v) is 8.44. The molecular formula is C26H32N4O4. The van der Waals surface area contributed by atoms with Gasteiger partial charge in [-0.1, -0.05) is 36.4 Å². The molecule has 1 fully saturated rings. The van der Waals surface area contributed by atoms with E-state index in [9.17, 15) is 9.59 Å². The Bertz CT molecular complexity index is 1080. The van der Waals surface area contributed by atoms with Crippen molar-refractivity contribution in [2.45, 2.75) is 19.9 Å². The Morgan fingerprint density at radius 2 is 1.76 bits per heavy atom. The summed E-state index contributed by atoms with van der Waals surface area (Å²) in [7, 11) is 1.57. The first-order valence-electron chi connectivity index (χ1n) is 11.6. The van der Waals surface area contributed by atoms with Crippen LogP contribution in [-0.4, -0.2) is 63.3 Å². The van der Waals surface area contributed by atoms with Crippen LogP contribution in [0.2, 0.25) is 0 Å². The highest BCUT2D eigenvalue weighted by Gasteiger charge is 2.36. The second-order valence-electron chi connectivity index (χ2n) is 8.44. The zero-order valence-corrected chi connectivity index (χ0v) is 20.0. The quantitative estimate of drug-likeness (QED) is 0.613. The van der Waals surface area contributed by atoms with Gasteiger partial charge in [0, 0.05) is 49.7 Å². The number of ether oxygens (including phenoxy) is 2. The van der Waals surface area contributed by atoms with E-state index in [1.807, 2.05) is 24.3 Å². The summed E-state index contributed by atoms with van der Waals surface area (Å²) in [4.78, 5) is 30.3. The molecule has 0 aliphatic carbocycles. The van der Waals surface area contributed by atoms with Gasteiger partial charge in [-0.05, 0) is 31.5 Å². The van der Waals surface area contributed by atoms with E-state index < -0.39 is 12.0 Å². The Morgan fingerprint density at radius 1 is 1.06 bits per heavy atom. The Hall–Kier alpha value is -3.52. The number of anilines is 1. The molecule has 2 aromatic rings. The van der Waals surface area contributed by atoms with Crippen molar-refractivity contribution in [3.8, 4) is 5.75 Å². The molecule has 1 saturated heterocycles. The molecule has 8 nitrogen and oxygen atoms in total. The summed E-state index contributed by atoms with van der Waals surface area (Å²) in [6, 6.07) is 14.8. The predicted octanol–water partition coefficient (Wildman–Crippen LogP) is 3.00. The number of urea groups is 1. The number of hydrogen-bond acceptors (Lipinski definition) is 6. The normalized spacial score (nSPS) is 18.9. The van der Waals surface area contributed by atoms with Crippen molar-refractivity contribution in [3.63, 3.8) is 0 Å². The van der Waals surface area contributed by atoms with Crippen LogP contribution in [0.4, 0.5) is 10.5 Å². The number of aryl methyl sites for hydroxylation is 1. The Morgan fingerprint density at radius 3 is 2.47 bits per heavy atom. The van der Waals surface area contributed by atoms with Gasteiger partial charge in [0.1, 0.15) is 5.75 Å². The third-order valence-electron chi connectivity index (χ3n) is 6.31. The van der Waals surface area contributed by atoms with Crippen LogP contribution in [0, 0.1) is 6.92 Å². The van der Waals surface area contributed by atoms with Crippen LogP contribution >= 0.6 is 0 Å². The summed E-state index contributed by atoms with van der Waals surface area (Å²) in [5.41, 5.74) is 4.20. The fourth-order valence-electron chi connectivity index (χ4n) is 4.62. The van der Waals surface area contributed by atoms with E-state index >= 15 is 0 Å². The van der Waals surface area contributed by atoms with Gasteiger partial charge in [0.15, 0.2) is 0 Å². The highest BCUT2D eigenvalue weighted by Crippen LogP contribution is 2.34. The number of hydrogen-bond donors (Lipinski definition) is 2. The van der Waals surface area contributed by atoms with E-state index in [4.69, 9.17) is 9.47 Å². The predicted molar refractivity (Wildman–Crippen MR) is 131 cm³/mol. The minimum atomic E-state index is -0.660. The maximum atomic E-state index is 13.1. The number of benzene rings is 2. The highest BCUT2D eigenvalue weighted by atomic mass is 16.5. The van der Waals surface area contributed by atoms with E-state index in [0.717, 1.165) is 26.2 Å². The van der Waals surface area contributed by atoms with Crippen LogP contribution in [0.5, 0.6) is 5.75 Å². The number of carbonyl (C=O) groups is 2. The summed E-state index contributed by atoms with van der Waals surface area (Å²) in [6.45, 7) is 7.97. The van der Waals surface area contributed by atoms with Crippen LogP contribution in [0.25, 0.3) is 0 Å². The SMILES string of the molecule is CCOC(=O)C1=C(CN2CCN(c3ccccc3C)CC2)NC(=O)NC1c1ccccc1OC. The molecule has 0 saturated carbocycles. The summed E-state index contributed by atoms with van der Waals surface area (Å²) >= 11 is 0. The standard InChI is InChI=1S/C26H32N4O4/c1-4-34-25(31)23-20(27-26(32)28-24(23)19-10-6-8-12-22(19)33-3)17-29-13-15-30(16-14-29)21-11-7-5-9-18(21)2/h5-12,24H,4,13-17H2,1-3H3,(H2,27,28,32). The van der Waals surface area contributed by atoms with Crippen molar-refractivity contribution >= 4 is 17.7 Å². The van der Waals surface area contributed by atoms with Gasteiger partial charge < -0.3 is 25.0 Å². The minimum absolute atomic E-state index is 0.247. The van der Waals surface area contributed by atoms with Gasteiger partial charge in [-0.3, -0.25) is 4.90 Å². The van der Waals surface area contributed by atoms with E-state index in [1.165, 1.54) is 11.3 Å². The molecule has 34 heavy (non-hydrogen) atoms. The number of methoxy groups -OCH3 is 1. The summed E-state index contributed by atoms with van der Waals surface area (Å²) < 4.78 is 10.9. The largest absolute Gasteiger partial charge is 0.496 e. The molecule has 1 atom stereocenters. The number of esters is 1. The van der Waals surface area contributed by atoms with E-state index in [-0.39, 0.29) is 12.6 Å². The number of rotatable bonds is 7. The molecule has 0 spiro atoms. The molecule has 1 unspecified atom stereocenters. The number of piperazine rings is 1. The van der Waals surface area contributed by atoms with Gasteiger partial charge in [0.05, 0.1) is 25.3 Å². The average Bonchev–Trinajstić information content (AvgIpc) is 2.84. The smallest absolute Gasteiger partial charge is 0.338 e. The lowest BCUT2D eigenvalue weighted by Crippen LogP contribution is -2.52. The Kier molecular flexibility index (Phi) is 7.37. The van der Waals surface area contributed by atoms with Crippen molar-refractivity contribution in [2.24, 2.45) is 0 Å². The Labute approximate surface area is 200 Å². The lowest BCUT2D eigenvalue weighted by molar-refractivity contribution is -0.139. The van der Waals surface area contributed by atoms with Gasteiger partial charge in [-0.2, -0.15) is 0 Å². The van der Waals surface area contributed by atoms with Crippen molar-refractivity contribution < 1.29 is 19.1 Å². The third-order valence-corrected chi connectivity index (χ3v) is 6.31. The summed E-state index contributed by atoms with van der Waals surface area (Å²) in [5, 5.41) is 5.76. The van der Waals surface area contributed by atoms with Crippen LogP contribution in [0.15, 0.2) is 59.8 Å². The molecule has 2 heterocycles. The number of nitrogens with zero attached hydrogens (tertiary/aromatic N) is 2. The lowest BCUT2D eigenvalue weighted by atomic mass is 9.94.